The highest BCUT2D eigenvalue weighted by molar-refractivity contribution is 7.92. The fourth-order valence-corrected chi connectivity index (χ4v) is 3.26. The van der Waals surface area contributed by atoms with Crippen molar-refractivity contribution in [3.63, 3.8) is 0 Å². The molecule has 0 heterocycles. The number of sulfonamides is 1. The van der Waals surface area contributed by atoms with Gasteiger partial charge in [0.1, 0.15) is 0 Å². The predicted octanol–water partition coefficient (Wildman–Crippen LogP) is 4.40. The third-order valence-corrected chi connectivity index (χ3v) is 5.91. The van der Waals surface area contributed by atoms with Crippen LogP contribution in [-0.2, 0) is 16.2 Å². The van der Waals surface area contributed by atoms with Gasteiger partial charge in [-0.3, -0.25) is 9.10 Å². The molecule has 27 heavy (non-hydrogen) atoms. The van der Waals surface area contributed by atoms with E-state index in [4.69, 9.17) is 11.6 Å². The maximum Gasteiger partial charge on any atom is 0.417 e. The fourth-order valence-electron chi connectivity index (χ4n) is 2.20. The maximum absolute atomic E-state index is 12.9. The molecule has 0 aliphatic rings. The number of amides is 1. The van der Waals surface area contributed by atoms with Crippen LogP contribution in [0.3, 0.4) is 0 Å². The molecule has 0 fully saturated rings. The van der Waals surface area contributed by atoms with E-state index in [1.165, 1.54) is 44.3 Å². The first-order chi connectivity index (χ1) is 12.5. The van der Waals surface area contributed by atoms with E-state index >= 15 is 0 Å². The van der Waals surface area contributed by atoms with Crippen molar-refractivity contribution in [3.8, 4) is 0 Å². The minimum Gasteiger partial charge on any atom is -0.322 e. The Morgan fingerprint density at radius 3 is 2.26 bits per heavy atom. The van der Waals surface area contributed by atoms with Gasteiger partial charge in [0.25, 0.3) is 5.91 Å². The number of hydrogen-bond acceptors (Lipinski definition) is 3. The monoisotopic (exact) mass is 420 g/mol. The second-order valence-electron chi connectivity index (χ2n) is 5.56. The summed E-state index contributed by atoms with van der Waals surface area (Å²) in [7, 11) is -2.05. The molecule has 0 saturated heterocycles. The second-order valence-corrected chi connectivity index (χ2v) is 8.26. The van der Waals surface area contributed by atoms with Crippen molar-refractivity contribution in [2.75, 3.05) is 22.4 Å². The second kappa shape index (κ2) is 7.77. The van der Waals surface area contributed by atoms with Crippen LogP contribution in [0.4, 0.5) is 24.5 Å². The molecule has 1 N–H and O–H groups in total. The smallest absolute Gasteiger partial charge is 0.322 e. The van der Waals surface area contributed by atoms with E-state index in [1.54, 1.807) is 0 Å². The molecule has 0 spiro atoms. The number of benzene rings is 2. The third-order valence-electron chi connectivity index (χ3n) is 3.80. The lowest BCUT2D eigenvalue weighted by Crippen LogP contribution is -2.28. The largest absolute Gasteiger partial charge is 0.417 e. The summed E-state index contributed by atoms with van der Waals surface area (Å²) >= 11 is 5.54. The SMILES string of the molecule is CCS(=O)(=O)N(C)c1ccc(C(=O)Nc2ccc(Cl)c(C(F)(F)F)c2)cc1. The van der Waals surface area contributed by atoms with Crippen LogP contribution >= 0.6 is 11.6 Å². The number of nitrogens with one attached hydrogen (secondary N) is 1. The van der Waals surface area contributed by atoms with E-state index in [-0.39, 0.29) is 17.0 Å². The molecule has 0 atom stereocenters. The zero-order valence-electron chi connectivity index (χ0n) is 14.3. The lowest BCUT2D eigenvalue weighted by molar-refractivity contribution is -0.137. The van der Waals surface area contributed by atoms with Gasteiger partial charge in [0, 0.05) is 18.3 Å². The van der Waals surface area contributed by atoms with E-state index in [0.717, 1.165) is 16.4 Å². The summed E-state index contributed by atoms with van der Waals surface area (Å²) in [5.41, 5.74) is -0.598. The van der Waals surface area contributed by atoms with Crippen LogP contribution in [0.15, 0.2) is 42.5 Å². The number of carbonyl (C=O) groups is 1. The Bertz CT molecular complexity index is 945. The molecule has 1 amide bonds. The quantitative estimate of drug-likeness (QED) is 0.779. The van der Waals surface area contributed by atoms with Crippen molar-refractivity contribution >= 4 is 38.9 Å². The summed E-state index contributed by atoms with van der Waals surface area (Å²) in [5, 5.41) is 1.89. The first-order valence-electron chi connectivity index (χ1n) is 7.70. The number of anilines is 2. The van der Waals surface area contributed by atoms with Crippen LogP contribution < -0.4 is 9.62 Å². The molecule has 2 rings (SSSR count). The van der Waals surface area contributed by atoms with E-state index < -0.39 is 32.7 Å². The molecule has 5 nitrogen and oxygen atoms in total. The van der Waals surface area contributed by atoms with Gasteiger partial charge in [-0.25, -0.2) is 8.42 Å². The minimum absolute atomic E-state index is 0.0634. The standard InChI is InChI=1S/C17H16ClF3N2O3S/c1-3-27(25,26)23(2)13-7-4-11(5-8-13)16(24)22-12-6-9-15(18)14(10-12)17(19,20)21/h4-10H,3H2,1-2H3,(H,22,24). The van der Waals surface area contributed by atoms with Gasteiger partial charge in [-0.2, -0.15) is 13.2 Å². The predicted molar refractivity (Wildman–Crippen MR) is 98.7 cm³/mol. The molecule has 0 bridgehead atoms. The van der Waals surface area contributed by atoms with Gasteiger partial charge in [0.15, 0.2) is 0 Å². The van der Waals surface area contributed by atoms with E-state index in [2.05, 4.69) is 5.32 Å². The van der Waals surface area contributed by atoms with Crippen molar-refractivity contribution in [1.82, 2.24) is 0 Å². The van der Waals surface area contributed by atoms with Gasteiger partial charge >= 0.3 is 6.18 Å². The van der Waals surface area contributed by atoms with Crippen LogP contribution in [0.2, 0.25) is 5.02 Å². The molecule has 0 radical (unpaired) electrons. The Morgan fingerprint density at radius 1 is 1.15 bits per heavy atom. The number of alkyl halides is 3. The van der Waals surface area contributed by atoms with Crippen LogP contribution in [0.1, 0.15) is 22.8 Å². The zero-order valence-corrected chi connectivity index (χ0v) is 15.9. The summed E-state index contributed by atoms with van der Waals surface area (Å²) in [6, 6.07) is 8.69. The Labute approximate surface area is 159 Å². The van der Waals surface area contributed by atoms with Crippen molar-refractivity contribution in [3.05, 3.63) is 58.6 Å². The summed E-state index contributed by atoms with van der Waals surface area (Å²) in [4.78, 5) is 12.2. The average molecular weight is 421 g/mol. The van der Waals surface area contributed by atoms with Gasteiger partial charge in [-0.1, -0.05) is 11.6 Å². The van der Waals surface area contributed by atoms with Crippen LogP contribution in [0.5, 0.6) is 0 Å². The summed E-state index contributed by atoms with van der Waals surface area (Å²) in [6.45, 7) is 1.51. The molecule has 0 saturated carbocycles. The average Bonchev–Trinajstić information content (AvgIpc) is 2.61. The Hall–Kier alpha value is -2.26. The number of nitrogens with zero attached hydrogens (tertiary/aromatic N) is 1. The zero-order chi connectivity index (χ0) is 20.4. The topological polar surface area (TPSA) is 66.5 Å². The molecule has 146 valence electrons. The van der Waals surface area contributed by atoms with Crippen molar-refractivity contribution in [2.45, 2.75) is 13.1 Å². The van der Waals surface area contributed by atoms with Gasteiger partial charge < -0.3 is 5.32 Å². The van der Waals surface area contributed by atoms with E-state index in [0.29, 0.717) is 5.69 Å². The normalized spacial score (nSPS) is 11.9. The van der Waals surface area contributed by atoms with Crippen LogP contribution in [0.25, 0.3) is 0 Å². The van der Waals surface area contributed by atoms with Crippen molar-refractivity contribution in [2.24, 2.45) is 0 Å². The van der Waals surface area contributed by atoms with Crippen LogP contribution in [0, 0.1) is 0 Å². The number of carbonyl (C=O) groups excluding carboxylic acids is 1. The third kappa shape index (κ3) is 4.92. The van der Waals surface area contributed by atoms with Crippen molar-refractivity contribution in [1.29, 1.82) is 0 Å². The Kier molecular flexibility index (Phi) is 6.06. The number of hydrogen-bond donors (Lipinski definition) is 1. The Morgan fingerprint density at radius 2 is 1.74 bits per heavy atom. The molecule has 0 unspecified atom stereocenters. The summed E-state index contributed by atoms with van der Waals surface area (Å²) < 4.78 is 63.4. The number of halogens is 4. The van der Waals surface area contributed by atoms with Crippen molar-refractivity contribution < 1.29 is 26.4 Å². The molecule has 2 aromatic rings. The van der Waals surface area contributed by atoms with Gasteiger partial charge in [-0.15, -0.1) is 0 Å². The maximum atomic E-state index is 12.9. The molecule has 0 aromatic heterocycles. The lowest BCUT2D eigenvalue weighted by atomic mass is 10.1. The molecular formula is C17H16ClF3N2O3S. The fraction of sp³-hybridized carbons (Fsp3) is 0.235. The van der Waals surface area contributed by atoms with E-state index in [9.17, 15) is 26.4 Å². The van der Waals surface area contributed by atoms with Crippen LogP contribution in [-0.4, -0.2) is 27.1 Å². The van der Waals surface area contributed by atoms with Gasteiger partial charge in [0.2, 0.25) is 10.0 Å². The molecular weight excluding hydrogens is 405 g/mol. The summed E-state index contributed by atoms with van der Waals surface area (Å²) in [6.07, 6.45) is -4.64. The summed E-state index contributed by atoms with van der Waals surface area (Å²) in [5.74, 6) is -0.720. The number of rotatable bonds is 5. The molecule has 0 aliphatic carbocycles. The molecule has 2 aromatic carbocycles. The van der Waals surface area contributed by atoms with Gasteiger partial charge in [-0.05, 0) is 49.4 Å². The molecule has 10 heteroatoms. The van der Waals surface area contributed by atoms with Gasteiger partial charge in [0.05, 0.1) is 22.0 Å². The first-order valence-corrected chi connectivity index (χ1v) is 9.69. The highest BCUT2D eigenvalue weighted by Gasteiger charge is 2.33. The highest BCUT2D eigenvalue weighted by Crippen LogP contribution is 2.36. The first kappa shape index (κ1) is 21.0. The lowest BCUT2D eigenvalue weighted by Gasteiger charge is -2.18. The minimum atomic E-state index is -4.64. The highest BCUT2D eigenvalue weighted by atomic mass is 35.5. The Balaban J connectivity index is 2.20. The molecule has 0 aliphatic heterocycles. The van der Waals surface area contributed by atoms with E-state index in [1.807, 2.05) is 0 Å².